The van der Waals surface area contributed by atoms with Crippen LogP contribution in [0.3, 0.4) is 0 Å². The molecule has 1 aromatic carbocycles. The molecule has 0 unspecified atom stereocenters. The van der Waals surface area contributed by atoms with Crippen LogP contribution >= 0.6 is 11.6 Å². The van der Waals surface area contributed by atoms with E-state index in [9.17, 15) is 14.4 Å². The van der Waals surface area contributed by atoms with Gasteiger partial charge in [0.25, 0.3) is 5.91 Å². The summed E-state index contributed by atoms with van der Waals surface area (Å²) in [5.41, 5.74) is 0.679. The third-order valence-electron chi connectivity index (χ3n) is 2.82. The SMILES string of the molecule is CC(C(=O)O)=C(C)C(=O)NC(=O)NCc1ccc(Cl)cc1. The lowest BCUT2D eigenvalue weighted by Gasteiger charge is -2.08. The van der Waals surface area contributed by atoms with Gasteiger partial charge in [-0.1, -0.05) is 23.7 Å². The number of aliphatic carboxylic acids is 1. The van der Waals surface area contributed by atoms with E-state index in [-0.39, 0.29) is 17.7 Å². The van der Waals surface area contributed by atoms with Crippen LogP contribution < -0.4 is 10.6 Å². The van der Waals surface area contributed by atoms with Crippen LogP contribution in [0.1, 0.15) is 19.4 Å². The number of urea groups is 1. The third kappa shape index (κ3) is 5.27. The Labute approximate surface area is 126 Å². The minimum Gasteiger partial charge on any atom is -0.478 e. The third-order valence-corrected chi connectivity index (χ3v) is 3.07. The molecule has 0 aliphatic carbocycles. The smallest absolute Gasteiger partial charge is 0.331 e. The van der Waals surface area contributed by atoms with Gasteiger partial charge in [-0.25, -0.2) is 9.59 Å². The molecule has 1 rings (SSSR count). The fourth-order valence-corrected chi connectivity index (χ4v) is 1.48. The zero-order chi connectivity index (χ0) is 16.0. The van der Waals surface area contributed by atoms with E-state index in [4.69, 9.17) is 16.7 Å². The Morgan fingerprint density at radius 3 is 2.19 bits per heavy atom. The maximum absolute atomic E-state index is 11.6. The molecular weight excluding hydrogens is 296 g/mol. The lowest BCUT2D eigenvalue weighted by Crippen LogP contribution is -2.39. The predicted molar refractivity (Wildman–Crippen MR) is 77.8 cm³/mol. The van der Waals surface area contributed by atoms with Crippen molar-refractivity contribution in [3.8, 4) is 0 Å². The number of carboxylic acid groups (broad SMARTS) is 1. The van der Waals surface area contributed by atoms with E-state index in [1.807, 2.05) is 0 Å². The average Bonchev–Trinajstić information content (AvgIpc) is 2.44. The molecule has 0 fully saturated rings. The Morgan fingerprint density at radius 2 is 1.67 bits per heavy atom. The van der Waals surface area contributed by atoms with Gasteiger partial charge in [0.15, 0.2) is 0 Å². The minimum atomic E-state index is -1.20. The molecule has 21 heavy (non-hydrogen) atoms. The molecule has 0 radical (unpaired) electrons. The summed E-state index contributed by atoms with van der Waals surface area (Å²) in [4.78, 5) is 33.9. The number of imide groups is 1. The van der Waals surface area contributed by atoms with E-state index >= 15 is 0 Å². The van der Waals surface area contributed by atoms with Crippen molar-refractivity contribution >= 4 is 29.5 Å². The second-order valence-electron chi connectivity index (χ2n) is 4.32. The zero-order valence-corrected chi connectivity index (χ0v) is 12.3. The van der Waals surface area contributed by atoms with Crippen LogP contribution in [0.2, 0.25) is 5.02 Å². The first kappa shape index (κ1) is 16.7. The van der Waals surface area contributed by atoms with E-state index in [1.165, 1.54) is 13.8 Å². The lowest BCUT2D eigenvalue weighted by molar-refractivity contribution is -0.133. The number of benzene rings is 1. The molecule has 112 valence electrons. The van der Waals surface area contributed by atoms with Crippen molar-refractivity contribution in [3.63, 3.8) is 0 Å². The monoisotopic (exact) mass is 310 g/mol. The molecular formula is C14H15ClN2O4. The van der Waals surface area contributed by atoms with E-state index < -0.39 is 17.9 Å². The Kier molecular flexibility index (Phi) is 5.92. The maximum Gasteiger partial charge on any atom is 0.331 e. The van der Waals surface area contributed by atoms with Crippen LogP contribution in [0.5, 0.6) is 0 Å². The molecule has 0 atom stereocenters. The Balaban J connectivity index is 2.54. The highest BCUT2D eigenvalue weighted by Gasteiger charge is 2.14. The van der Waals surface area contributed by atoms with Crippen LogP contribution in [0.4, 0.5) is 4.79 Å². The topological polar surface area (TPSA) is 95.5 Å². The lowest BCUT2D eigenvalue weighted by atomic mass is 10.1. The molecule has 1 aromatic rings. The summed E-state index contributed by atoms with van der Waals surface area (Å²) >= 11 is 5.74. The molecule has 3 N–H and O–H groups in total. The first-order valence-corrected chi connectivity index (χ1v) is 6.43. The Bertz CT molecular complexity index is 593. The molecule has 0 heterocycles. The molecule has 0 saturated heterocycles. The number of halogens is 1. The number of hydrogen-bond acceptors (Lipinski definition) is 3. The number of carbonyl (C=O) groups excluding carboxylic acids is 2. The summed E-state index contributed by atoms with van der Waals surface area (Å²) < 4.78 is 0. The summed E-state index contributed by atoms with van der Waals surface area (Å²) in [6, 6.07) is 6.15. The fraction of sp³-hybridized carbons (Fsp3) is 0.214. The Hall–Kier alpha value is -2.34. The summed E-state index contributed by atoms with van der Waals surface area (Å²) in [7, 11) is 0. The Morgan fingerprint density at radius 1 is 1.10 bits per heavy atom. The summed E-state index contributed by atoms with van der Waals surface area (Å²) in [5, 5.41) is 13.9. The predicted octanol–water partition coefficient (Wildman–Crippen LogP) is 2.09. The van der Waals surface area contributed by atoms with Crippen LogP contribution in [-0.2, 0) is 16.1 Å². The molecule has 0 spiro atoms. The van der Waals surface area contributed by atoms with Gasteiger partial charge >= 0.3 is 12.0 Å². The van der Waals surface area contributed by atoms with Gasteiger partial charge < -0.3 is 10.4 Å². The second-order valence-corrected chi connectivity index (χ2v) is 4.75. The standard InChI is InChI=1S/C14H15ClN2O4/c1-8(9(2)13(19)20)12(18)17-14(21)16-7-10-3-5-11(15)6-4-10/h3-6H,7H2,1-2H3,(H,19,20)(H2,16,17,18,21). The highest BCUT2D eigenvalue weighted by atomic mass is 35.5. The summed E-state index contributed by atoms with van der Waals surface area (Å²) in [6.07, 6.45) is 0. The minimum absolute atomic E-state index is 0.0239. The maximum atomic E-state index is 11.6. The number of hydrogen-bond donors (Lipinski definition) is 3. The average molecular weight is 311 g/mol. The highest BCUT2D eigenvalue weighted by molar-refractivity contribution is 6.30. The van der Waals surface area contributed by atoms with Crippen molar-refractivity contribution in [1.29, 1.82) is 0 Å². The summed E-state index contributed by atoms with van der Waals surface area (Å²) in [6.45, 7) is 2.85. The van der Waals surface area contributed by atoms with Crippen LogP contribution in [0.15, 0.2) is 35.4 Å². The van der Waals surface area contributed by atoms with E-state index in [2.05, 4.69) is 10.6 Å². The molecule has 0 bridgehead atoms. The highest BCUT2D eigenvalue weighted by Crippen LogP contribution is 2.09. The number of amides is 3. The van der Waals surface area contributed by atoms with Crippen LogP contribution in [0, 0.1) is 0 Å². The van der Waals surface area contributed by atoms with Gasteiger partial charge in [0.2, 0.25) is 0 Å². The fourth-order valence-electron chi connectivity index (χ4n) is 1.36. The van der Waals surface area contributed by atoms with Gasteiger partial charge in [0.1, 0.15) is 0 Å². The van der Waals surface area contributed by atoms with Crippen LogP contribution in [0.25, 0.3) is 0 Å². The van der Waals surface area contributed by atoms with Gasteiger partial charge in [-0.2, -0.15) is 0 Å². The van der Waals surface area contributed by atoms with Crippen LogP contribution in [-0.4, -0.2) is 23.0 Å². The largest absolute Gasteiger partial charge is 0.478 e. The molecule has 0 aliphatic heterocycles. The molecule has 0 aliphatic rings. The molecule has 0 saturated carbocycles. The van der Waals surface area contributed by atoms with E-state index in [0.29, 0.717) is 5.02 Å². The van der Waals surface area contributed by atoms with Gasteiger partial charge in [0, 0.05) is 22.7 Å². The quantitative estimate of drug-likeness (QED) is 0.742. The van der Waals surface area contributed by atoms with Crippen molar-refractivity contribution in [2.75, 3.05) is 0 Å². The molecule has 3 amide bonds. The van der Waals surface area contributed by atoms with Crippen molar-refractivity contribution in [1.82, 2.24) is 10.6 Å². The molecule has 0 aromatic heterocycles. The van der Waals surface area contributed by atoms with Crippen molar-refractivity contribution < 1.29 is 19.5 Å². The second kappa shape index (κ2) is 7.44. The van der Waals surface area contributed by atoms with E-state index in [0.717, 1.165) is 5.56 Å². The summed E-state index contributed by atoms with van der Waals surface area (Å²) in [5.74, 6) is -1.95. The molecule has 7 heteroatoms. The normalized spacial score (nSPS) is 11.4. The number of rotatable bonds is 4. The van der Waals surface area contributed by atoms with Gasteiger partial charge in [0.05, 0.1) is 0 Å². The molecule has 6 nitrogen and oxygen atoms in total. The van der Waals surface area contributed by atoms with Gasteiger partial charge in [-0.15, -0.1) is 0 Å². The number of carbonyl (C=O) groups is 3. The number of nitrogens with one attached hydrogen (secondary N) is 2. The van der Waals surface area contributed by atoms with Gasteiger partial charge in [-0.3, -0.25) is 10.1 Å². The number of carboxylic acids is 1. The van der Waals surface area contributed by atoms with E-state index in [1.54, 1.807) is 24.3 Å². The van der Waals surface area contributed by atoms with Gasteiger partial charge in [-0.05, 0) is 31.5 Å². The van der Waals surface area contributed by atoms with Crippen molar-refractivity contribution in [2.24, 2.45) is 0 Å². The zero-order valence-electron chi connectivity index (χ0n) is 11.6. The van der Waals surface area contributed by atoms with Crippen molar-refractivity contribution in [3.05, 3.63) is 46.0 Å². The first-order valence-electron chi connectivity index (χ1n) is 6.05. The first-order chi connectivity index (χ1) is 9.81. The van der Waals surface area contributed by atoms with Crippen molar-refractivity contribution in [2.45, 2.75) is 20.4 Å².